The first-order valence-corrected chi connectivity index (χ1v) is 7.92. The normalized spacial score (nSPS) is 12.1. The van der Waals surface area contributed by atoms with E-state index in [1.165, 1.54) is 0 Å². The second-order valence-electron chi connectivity index (χ2n) is 4.95. The lowest BCUT2D eigenvalue weighted by Gasteiger charge is -2.38. The maximum Gasteiger partial charge on any atom is 0.145 e. The molecule has 0 N–H and O–H groups in total. The Morgan fingerprint density at radius 1 is 0.929 bits per heavy atom. The van der Waals surface area contributed by atoms with Crippen molar-refractivity contribution < 1.29 is 0 Å². The van der Waals surface area contributed by atoms with Gasteiger partial charge < -0.3 is 0 Å². The van der Waals surface area contributed by atoms with Gasteiger partial charge in [0, 0.05) is 6.42 Å². The van der Waals surface area contributed by atoms with Gasteiger partial charge in [0.2, 0.25) is 0 Å². The van der Waals surface area contributed by atoms with Crippen LogP contribution in [0.2, 0.25) is 16.6 Å². The molecule has 0 aliphatic heterocycles. The number of hydrogen-bond acceptors (Lipinski definition) is 0. The summed E-state index contributed by atoms with van der Waals surface area (Å²) in [6.07, 6.45) is 0.751. The standard InChI is InChI=1S/C13H25Si/c1-8-9-10-14(11(2)3,12(4)5)13(6)7/h11-13H,1,8H2,2-7H3. The Kier molecular flexibility index (Phi) is 5.52. The molecule has 0 spiro atoms. The molecule has 0 aromatic rings. The summed E-state index contributed by atoms with van der Waals surface area (Å²) in [4.78, 5) is 0. The molecule has 0 aliphatic carbocycles. The smallest absolute Gasteiger partial charge is 0.130 e. The van der Waals surface area contributed by atoms with E-state index >= 15 is 0 Å². The van der Waals surface area contributed by atoms with Gasteiger partial charge in [-0.15, -0.1) is 11.5 Å². The predicted molar refractivity (Wildman–Crippen MR) is 68.8 cm³/mol. The molecule has 0 saturated carbocycles. The third-order valence-electron chi connectivity index (χ3n) is 3.30. The van der Waals surface area contributed by atoms with Crippen molar-refractivity contribution in [2.45, 2.75) is 64.6 Å². The minimum atomic E-state index is -1.45. The first-order valence-electron chi connectivity index (χ1n) is 5.68. The van der Waals surface area contributed by atoms with E-state index in [2.05, 4.69) is 59.9 Å². The maximum atomic E-state index is 3.82. The molecule has 0 unspecified atom stereocenters. The highest BCUT2D eigenvalue weighted by Gasteiger charge is 2.41. The van der Waals surface area contributed by atoms with Gasteiger partial charge in [-0.05, 0) is 23.5 Å². The summed E-state index contributed by atoms with van der Waals surface area (Å²) in [6, 6.07) is 0. The monoisotopic (exact) mass is 209 g/mol. The fraction of sp³-hybridized carbons (Fsp3) is 0.769. The Morgan fingerprint density at radius 2 is 1.29 bits per heavy atom. The van der Waals surface area contributed by atoms with Crippen molar-refractivity contribution in [3.8, 4) is 11.5 Å². The van der Waals surface area contributed by atoms with Gasteiger partial charge in [-0.25, -0.2) is 0 Å². The summed E-state index contributed by atoms with van der Waals surface area (Å²) >= 11 is 0. The lowest BCUT2D eigenvalue weighted by Crippen LogP contribution is -2.43. The minimum absolute atomic E-state index is 0.738. The van der Waals surface area contributed by atoms with Gasteiger partial charge in [-0.1, -0.05) is 41.5 Å². The third kappa shape index (κ3) is 2.64. The maximum absolute atomic E-state index is 3.82. The minimum Gasteiger partial charge on any atom is -0.130 e. The highest BCUT2D eigenvalue weighted by atomic mass is 28.3. The molecule has 81 valence electrons. The van der Waals surface area contributed by atoms with Gasteiger partial charge >= 0.3 is 0 Å². The Morgan fingerprint density at radius 3 is 1.50 bits per heavy atom. The summed E-state index contributed by atoms with van der Waals surface area (Å²) < 4.78 is 0. The van der Waals surface area contributed by atoms with Gasteiger partial charge in [0.15, 0.2) is 0 Å². The summed E-state index contributed by atoms with van der Waals surface area (Å²) in [6.45, 7) is 17.8. The van der Waals surface area contributed by atoms with Crippen LogP contribution in [0, 0.1) is 18.4 Å². The molecule has 0 heterocycles. The molecular formula is C13H25Si. The van der Waals surface area contributed by atoms with E-state index in [4.69, 9.17) is 0 Å². The van der Waals surface area contributed by atoms with Gasteiger partial charge in [0.25, 0.3) is 0 Å². The van der Waals surface area contributed by atoms with E-state index in [1.54, 1.807) is 0 Å². The molecule has 1 radical (unpaired) electrons. The predicted octanol–water partition coefficient (Wildman–Crippen LogP) is 4.43. The number of hydrogen-bond donors (Lipinski definition) is 0. The topological polar surface area (TPSA) is 0 Å². The van der Waals surface area contributed by atoms with Crippen molar-refractivity contribution in [1.82, 2.24) is 0 Å². The first-order chi connectivity index (χ1) is 6.39. The average Bonchev–Trinajstić information content (AvgIpc) is 2.03. The SMILES string of the molecule is [CH2]CC#C[Si](C(C)C)(C(C)C)C(C)C. The second-order valence-corrected chi connectivity index (χ2v) is 10.5. The molecule has 0 aromatic carbocycles. The van der Waals surface area contributed by atoms with Crippen molar-refractivity contribution in [1.29, 1.82) is 0 Å². The zero-order valence-corrected chi connectivity index (χ0v) is 11.6. The van der Waals surface area contributed by atoms with Crippen LogP contribution in [0.4, 0.5) is 0 Å². The van der Waals surface area contributed by atoms with Crippen molar-refractivity contribution in [3.05, 3.63) is 6.92 Å². The van der Waals surface area contributed by atoms with Crippen molar-refractivity contribution >= 4 is 8.07 Å². The molecule has 0 fully saturated rings. The van der Waals surface area contributed by atoms with Crippen LogP contribution in [-0.4, -0.2) is 8.07 Å². The molecule has 0 rings (SSSR count). The molecule has 0 nitrogen and oxygen atoms in total. The van der Waals surface area contributed by atoms with Crippen LogP contribution in [0.5, 0.6) is 0 Å². The van der Waals surface area contributed by atoms with E-state index in [1.807, 2.05) is 0 Å². The highest BCUT2D eigenvalue weighted by Crippen LogP contribution is 2.40. The van der Waals surface area contributed by atoms with Gasteiger partial charge in [0.1, 0.15) is 8.07 Å². The second kappa shape index (κ2) is 5.61. The van der Waals surface area contributed by atoms with E-state index in [9.17, 15) is 0 Å². The molecule has 1 heteroatoms. The molecule has 0 aromatic heterocycles. The Labute approximate surface area is 91.5 Å². The lowest BCUT2D eigenvalue weighted by molar-refractivity contribution is 0.838. The quantitative estimate of drug-likeness (QED) is 0.476. The lowest BCUT2D eigenvalue weighted by atomic mass is 10.5. The summed E-state index contributed by atoms with van der Waals surface area (Å²) in [5, 5.41) is 0. The zero-order chi connectivity index (χ0) is 11.4. The third-order valence-corrected chi connectivity index (χ3v) is 9.64. The van der Waals surface area contributed by atoms with Crippen LogP contribution >= 0.6 is 0 Å². The summed E-state index contributed by atoms with van der Waals surface area (Å²) in [5.74, 6) is 3.23. The Hall–Kier alpha value is -0.223. The van der Waals surface area contributed by atoms with Crippen LogP contribution in [-0.2, 0) is 0 Å². The molecule has 0 aliphatic rings. The van der Waals surface area contributed by atoms with Crippen LogP contribution in [0.15, 0.2) is 0 Å². The molecule has 14 heavy (non-hydrogen) atoms. The highest BCUT2D eigenvalue weighted by molar-refractivity contribution is 6.90. The van der Waals surface area contributed by atoms with E-state index < -0.39 is 8.07 Å². The largest absolute Gasteiger partial charge is 0.145 e. The van der Waals surface area contributed by atoms with E-state index in [0.717, 1.165) is 23.0 Å². The molecule has 0 bridgehead atoms. The summed E-state index contributed by atoms with van der Waals surface area (Å²) in [7, 11) is -1.45. The molecule has 0 atom stereocenters. The van der Waals surface area contributed by atoms with Crippen molar-refractivity contribution in [2.24, 2.45) is 0 Å². The number of rotatable bonds is 3. The van der Waals surface area contributed by atoms with Crippen LogP contribution in [0.3, 0.4) is 0 Å². The first kappa shape index (κ1) is 13.8. The van der Waals surface area contributed by atoms with Crippen LogP contribution in [0.1, 0.15) is 48.0 Å². The molecule has 0 amide bonds. The zero-order valence-electron chi connectivity index (χ0n) is 10.6. The van der Waals surface area contributed by atoms with Crippen LogP contribution < -0.4 is 0 Å². The average molecular weight is 209 g/mol. The van der Waals surface area contributed by atoms with Gasteiger partial charge in [0.05, 0.1) is 0 Å². The van der Waals surface area contributed by atoms with Gasteiger partial charge in [-0.3, -0.25) is 0 Å². The van der Waals surface area contributed by atoms with Gasteiger partial charge in [-0.2, -0.15) is 0 Å². The van der Waals surface area contributed by atoms with Crippen LogP contribution in [0.25, 0.3) is 0 Å². The molecule has 0 saturated heterocycles. The van der Waals surface area contributed by atoms with Crippen molar-refractivity contribution in [3.63, 3.8) is 0 Å². The van der Waals surface area contributed by atoms with E-state index in [0.29, 0.717) is 0 Å². The fourth-order valence-corrected chi connectivity index (χ4v) is 7.95. The fourth-order valence-electron chi connectivity index (χ4n) is 2.65. The molecular weight excluding hydrogens is 184 g/mol. The Balaban J connectivity index is 5.16. The van der Waals surface area contributed by atoms with E-state index in [-0.39, 0.29) is 0 Å². The summed E-state index contributed by atoms with van der Waals surface area (Å²) in [5.41, 5.74) is 5.82. The Bertz CT molecular complexity index is 193. The van der Waals surface area contributed by atoms with Crippen molar-refractivity contribution in [2.75, 3.05) is 0 Å².